The monoisotopic (exact) mass is 320 g/mol. The zero-order chi connectivity index (χ0) is 16.6. The minimum atomic E-state index is 1.00. The van der Waals surface area contributed by atoms with Gasteiger partial charge in [-0.25, -0.2) is 4.98 Å². The zero-order valence-electron chi connectivity index (χ0n) is 13.6. The van der Waals surface area contributed by atoms with Crippen molar-refractivity contribution in [3.8, 4) is 0 Å². The normalized spacial score (nSPS) is 11.2. The fourth-order valence-corrected chi connectivity index (χ4v) is 3.39. The maximum Gasteiger partial charge on any atom is 0.0730 e. The Balaban J connectivity index is 1.74. The lowest BCUT2D eigenvalue weighted by Gasteiger charge is -2.14. The van der Waals surface area contributed by atoms with Crippen molar-refractivity contribution >= 4 is 44.0 Å². The maximum absolute atomic E-state index is 4.79. The van der Waals surface area contributed by atoms with E-state index < -0.39 is 0 Å². The van der Waals surface area contributed by atoms with E-state index in [0.717, 1.165) is 33.2 Å². The summed E-state index contributed by atoms with van der Waals surface area (Å²) in [4.78, 5) is 4.79. The van der Waals surface area contributed by atoms with Crippen molar-refractivity contribution in [2.45, 2.75) is 0 Å². The molecule has 0 fully saturated rings. The van der Waals surface area contributed by atoms with E-state index in [-0.39, 0.29) is 0 Å². The van der Waals surface area contributed by atoms with E-state index in [1.807, 2.05) is 12.1 Å². The maximum atomic E-state index is 4.79. The van der Waals surface area contributed by atoms with Crippen molar-refractivity contribution in [1.29, 1.82) is 0 Å². The molecule has 5 aromatic rings. The molecular formula is C23H16N2. The van der Waals surface area contributed by atoms with Crippen LogP contribution < -0.4 is 5.32 Å². The van der Waals surface area contributed by atoms with Crippen LogP contribution in [0.3, 0.4) is 0 Å². The van der Waals surface area contributed by atoms with E-state index in [0.29, 0.717) is 0 Å². The predicted octanol–water partition coefficient (Wildman–Crippen LogP) is 6.28. The third kappa shape index (κ3) is 2.39. The number of rotatable bonds is 2. The van der Waals surface area contributed by atoms with Crippen molar-refractivity contribution < 1.29 is 0 Å². The van der Waals surface area contributed by atoms with Gasteiger partial charge in [0, 0.05) is 16.5 Å². The summed E-state index contributed by atoms with van der Waals surface area (Å²) in [5.41, 5.74) is 4.20. The van der Waals surface area contributed by atoms with Gasteiger partial charge in [-0.1, -0.05) is 66.7 Å². The molecule has 0 radical (unpaired) electrons. The highest BCUT2D eigenvalue weighted by Gasteiger charge is 2.09. The summed E-state index contributed by atoms with van der Waals surface area (Å²) in [7, 11) is 0. The molecule has 0 atom stereocenters. The molecule has 0 unspecified atom stereocenters. The second-order valence-corrected chi connectivity index (χ2v) is 6.21. The van der Waals surface area contributed by atoms with Crippen LogP contribution in [0, 0.1) is 0 Å². The number of pyridine rings is 1. The molecule has 2 nitrogen and oxygen atoms in total. The van der Waals surface area contributed by atoms with Crippen molar-refractivity contribution in [3.63, 3.8) is 0 Å². The van der Waals surface area contributed by atoms with Gasteiger partial charge in [-0.2, -0.15) is 0 Å². The van der Waals surface area contributed by atoms with E-state index in [9.17, 15) is 0 Å². The number of anilines is 2. The van der Waals surface area contributed by atoms with Gasteiger partial charge < -0.3 is 5.32 Å². The van der Waals surface area contributed by atoms with Gasteiger partial charge in [0.05, 0.1) is 16.7 Å². The fourth-order valence-electron chi connectivity index (χ4n) is 3.39. The summed E-state index contributed by atoms with van der Waals surface area (Å²) in [6.07, 6.45) is 0. The molecule has 0 aliphatic carbocycles. The molecule has 1 aromatic heterocycles. The third-order valence-corrected chi connectivity index (χ3v) is 4.61. The molecule has 5 rings (SSSR count). The summed E-state index contributed by atoms with van der Waals surface area (Å²) >= 11 is 0. The van der Waals surface area contributed by atoms with Gasteiger partial charge in [0.1, 0.15) is 0 Å². The first-order valence-electron chi connectivity index (χ1n) is 8.42. The van der Waals surface area contributed by atoms with Gasteiger partial charge in [0.25, 0.3) is 0 Å². The smallest absolute Gasteiger partial charge is 0.0730 e. The highest BCUT2D eigenvalue weighted by Crippen LogP contribution is 2.33. The lowest BCUT2D eigenvalue weighted by molar-refractivity contribution is 1.49. The zero-order valence-corrected chi connectivity index (χ0v) is 13.6. The standard InChI is InChI=1S/C23H16N2/c1-2-8-17-15-18(14-13-16(17)7-1)24-23-19-9-3-5-11-21(19)25-22-12-6-4-10-20(22)23/h1-15H,(H,24,25). The van der Waals surface area contributed by atoms with Crippen LogP contribution in [0.25, 0.3) is 32.6 Å². The van der Waals surface area contributed by atoms with Gasteiger partial charge in [0.15, 0.2) is 0 Å². The predicted molar refractivity (Wildman–Crippen MR) is 106 cm³/mol. The van der Waals surface area contributed by atoms with E-state index in [1.165, 1.54) is 10.8 Å². The van der Waals surface area contributed by atoms with Gasteiger partial charge in [-0.05, 0) is 35.0 Å². The largest absolute Gasteiger partial charge is 0.354 e. The first-order valence-corrected chi connectivity index (χ1v) is 8.42. The second kappa shape index (κ2) is 5.60. The Morgan fingerprint density at radius 2 is 1.16 bits per heavy atom. The van der Waals surface area contributed by atoms with E-state index in [2.05, 4.69) is 84.2 Å². The van der Waals surface area contributed by atoms with E-state index in [1.54, 1.807) is 0 Å². The van der Waals surface area contributed by atoms with Crippen LogP contribution in [-0.2, 0) is 0 Å². The fraction of sp³-hybridized carbons (Fsp3) is 0. The highest BCUT2D eigenvalue weighted by molar-refractivity contribution is 6.08. The van der Waals surface area contributed by atoms with Gasteiger partial charge in [-0.15, -0.1) is 0 Å². The van der Waals surface area contributed by atoms with Crippen molar-refractivity contribution in [3.05, 3.63) is 91.0 Å². The van der Waals surface area contributed by atoms with E-state index in [4.69, 9.17) is 4.98 Å². The van der Waals surface area contributed by atoms with Crippen molar-refractivity contribution in [2.75, 3.05) is 5.32 Å². The topological polar surface area (TPSA) is 24.9 Å². The molecule has 1 N–H and O–H groups in total. The number of aromatic nitrogens is 1. The Labute approximate surface area is 145 Å². The molecule has 118 valence electrons. The lowest BCUT2D eigenvalue weighted by atomic mass is 10.1. The van der Waals surface area contributed by atoms with Gasteiger partial charge >= 0.3 is 0 Å². The highest BCUT2D eigenvalue weighted by atomic mass is 14.9. The molecule has 0 spiro atoms. The summed E-state index contributed by atoms with van der Waals surface area (Å²) in [6.45, 7) is 0. The number of para-hydroxylation sites is 2. The average Bonchev–Trinajstić information content (AvgIpc) is 2.68. The molecule has 0 amide bonds. The first-order chi connectivity index (χ1) is 12.4. The van der Waals surface area contributed by atoms with Crippen LogP contribution in [0.15, 0.2) is 91.0 Å². The van der Waals surface area contributed by atoms with Gasteiger partial charge in [-0.3, -0.25) is 0 Å². The number of nitrogens with zero attached hydrogens (tertiary/aromatic N) is 1. The summed E-state index contributed by atoms with van der Waals surface area (Å²) in [6, 6.07) is 31.5. The van der Waals surface area contributed by atoms with Crippen LogP contribution in [0.5, 0.6) is 0 Å². The van der Waals surface area contributed by atoms with E-state index >= 15 is 0 Å². The third-order valence-electron chi connectivity index (χ3n) is 4.61. The van der Waals surface area contributed by atoms with Crippen molar-refractivity contribution in [1.82, 2.24) is 4.98 Å². The Kier molecular flexibility index (Phi) is 3.14. The van der Waals surface area contributed by atoms with Crippen LogP contribution in [0.1, 0.15) is 0 Å². The molecule has 0 aliphatic rings. The molecule has 4 aromatic carbocycles. The molecule has 0 saturated carbocycles. The Hall–Kier alpha value is -3.39. The first kappa shape index (κ1) is 14.0. The molecule has 0 saturated heterocycles. The molecule has 25 heavy (non-hydrogen) atoms. The second-order valence-electron chi connectivity index (χ2n) is 6.21. The summed E-state index contributed by atoms with van der Waals surface area (Å²) in [5.74, 6) is 0. The quantitative estimate of drug-likeness (QED) is 0.387. The SMILES string of the molecule is c1ccc2cc(Nc3c4ccccc4nc4ccccc34)ccc2c1. The number of nitrogens with one attached hydrogen (secondary N) is 1. The van der Waals surface area contributed by atoms with Crippen molar-refractivity contribution in [2.24, 2.45) is 0 Å². The Bertz CT molecular complexity index is 1170. The molecule has 0 bridgehead atoms. The molecular weight excluding hydrogens is 304 g/mol. The Morgan fingerprint density at radius 1 is 0.560 bits per heavy atom. The number of hydrogen-bond acceptors (Lipinski definition) is 2. The summed E-state index contributed by atoms with van der Waals surface area (Å²) in [5, 5.41) is 8.39. The lowest BCUT2D eigenvalue weighted by Crippen LogP contribution is -1.95. The van der Waals surface area contributed by atoms with Crippen LogP contribution in [0.4, 0.5) is 11.4 Å². The Morgan fingerprint density at radius 3 is 1.88 bits per heavy atom. The number of benzene rings is 4. The van der Waals surface area contributed by atoms with Crippen LogP contribution in [0.2, 0.25) is 0 Å². The van der Waals surface area contributed by atoms with Gasteiger partial charge in [0.2, 0.25) is 0 Å². The average molecular weight is 320 g/mol. The minimum Gasteiger partial charge on any atom is -0.354 e. The minimum absolute atomic E-state index is 1.00. The summed E-state index contributed by atoms with van der Waals surface area (Å²) < 4.78 is 0. The van der Waals surface area contributed by atoms with Crippen LogP contribution >= 0.6 is 0 Å². The molecule has 1 heterocycles. The number of hydrogen-bond donors (Lipinski definition) is 1. The van der Waals surface area contributed by atoms with Crippen LogP contribution in [-0.4, -0.2) is 4.98 Å². The number of fused-ring (bicyclic) bond motifs is 3. The molecule has 2 heteroatoms. The molecule has 0 aliphatic heterocycles.